The lowest BCUT2D eigenvalue weighted by molar-refractivity contribution is -0.132. The number of hydrogen-bond acceptors (Lipinski definition) is 7. The van der Waals surface area contributed by atoms with Crippen molar-refractivity contribution >= 4 is 28.3 Å². The van der Waals surface area contributed by atoms with Crippen LogP contribution in [0.1, 0.15) is 72.1 Å². The summed E-state index contributed by atoms with van der Waals surface area (Å²) in [5, 5.41) is 4.47. The maximum Gasteiger partial charge on any atom is 0.308 e. The van der Waals surface area contributed by atoms with E-state index in [1.807, 2.05) is 49.4 Å². The Kier molecular flexibility index (Phi) is 6.99. The summed E-state index contributed by atoms with van der Waals surface area (Å²) in [6.07, 6.45) is 1.86. The lowest BCUT2D eigenvalue weighted by Gasteiger charge is -2.29. The van der Waals surface area contributed by atoms with Gasteiger partial charge in [-0.2, -0.15) is 9.50 Å². The minimum atomic E-state index is -0.358. The van der Waals surface area contributed by atoms with E-state index in [0.29, 0.717) is 27.7 Å². The molecule has 0 aliphatic rings. The third kappa shape index (κ3) is 5.59. The number of thiazole rings is 1. The van der Waals surface area contributed by atoms with Gasteiger partial charge in [-0.25, -0.2) is 0 Å². The zero-order valence-corrected chi connectivity index (χ0v) is 23.4. The minimum Gasteiger partial charge on any atom is -0.494 e. The number of nitrogens with zero attached hydrogens (tertiary/aromatic N) is 3. The predicted molar refractivity (Wildman–Crippen MR) is 148 cm³/mol. The smallest absolute Gasteiger partial charge is 0.308 e. The van der Waals surface area contributed by atoms with E-state index in [-0.39, 0.29) is 22.4 Å². The molecule has 0 aliphatic heterocycles. The highest BCUT2D eigenvalue weighted by atomic mass is 32.1. The van der Waals surface area contributed by atoms with E-state index in [4.69, 9.17) is 9.47 Å². The molecule has 2 heterocycles. The van der Waals surface area contributed by atoms with Crippen molar-refractivity contribution in [2.24, 2.45) is 0 Å². The highest BCUT2D eigenvalue weighted by molar-refractivity contribution is 7.15. The van der Waals surface area contributed by atoms with E-state index in [1.165, 1.54) is 22.8 Å². The van der Waals surface area contributed by atoms with Crippen LogP contribution in [0.2, 0.25) is 0 Å². The van der Waals surface area contributed by atoms with Crippen molar-refractivity contribution in [3.8, 4) is 22.9 Å². The zero-order valence-electron chi connectivity index (χ0n) is 22.6. The topological polar surface area (TPSA) is 82.8 Å². The molecule has 8 heteroatoms. The molecular weight excluding hydrogens is 486 g/mol. The van der Waals surface area contributed by atoms with Crippen LogP contribution in [0.15, 0.2) is 41.2 Å². The summed E-state index contributed by atoms with van der Waals surface area (Å²) in [6, 6.07) is 11.5. The highest BCUT2D eigenvalue weighted by Crippen LogP contribution is 2.41. The Morgan fingerprint density at radius 1 is 1.03 bits per heavy atom. The van der Waals surface area contributed by atoms with Crippen LogP contribution in [0, 0.1) is 0 Å². The van der Waals surface area contributed by atoms with Crippen molar-refractivity contribution in [2.45, 2.75) is 66.2 Å². The minimum absolute atomic E-state index is 0.219. The van der Waals surface area contributed by atoms with Gasteiger partial charge in [-0.15, -0.1) is 5.10 Å². The molecule has 0 saturated heterocycles. The maximum absolute atomic E-state index is 13.2. The Morgan fingerprint density at radius 2 is 1.62 bits per heavy atom. The first-order valence-electron chi connectivity index (χ1n) is 12.3. The van der Waals surface area contributed by atoms with Crippen LogP contribution < -0.4 is 19.6 Å². The van der Waals surface area contributed by atoms with Crippen LogP contribution in [0.3, 0.4) is 0 Å². The average molecular weight is 520 g/mol. The van der Waals surface area contributed by atoms with Gasteiger partial charge in [0.15, 0.2) is 5.82 Å². The first-order valence-corrected chi connectivity index (χ1v) is 13.1. The fraction of sp³-hybridized carbons (Fsp3) is 0.379. The molecule has 0 unspecified atom stereocenters. The molecule has 0 bridgehead atoms. The van der Waals surface area contributed by atoms with Gasteiger partial charge in [0.1, 0.15) is 11.5 Å². The van der Waals surface area contributed by atoms with Crippen LogP contribution in [0.25, 0.3) is 22.4 Å². The Bertz CT molecular complexity index is 1530. The number of carbonyl (C=O) groups excluding carboxylic acids is 1. The van der Waals surface area contributed by atoms with Crippen molar-refractivity contribution in [2.75, 3.05) is 6.61 Å². The van der Waals surface area contributed by atoms with Crippen molar-refractivity contribution in [1.29, 1.82) is 0 Å². The molecule has 2 aromatic carbocycles. The second-order valence-corrected chi connectivity index (χ2v) is 12.1. The van der Waals surface area contributed by atoms with Gasteiger partial charge in [0.25, 0.3) is 5.56 Å². The van der Waals surface area contributed by atoms with E-state index >= 15 is 0 Å². The van der Waals surface area contributed by atoms with E-state index < -0.39 is 0 Å². The number of carbonyl (C=O) groups is 1. The average Bonchev–Trinajstić information content (AvgIpc) is 3.33. The third-order valence-electron chi connectivity index (χ3n) is 5.88. The van der Waals surface area contributed by atoms with Crippen molar-refractivity contribution in [3.05, 3.63) is 68.0 Å². The van der Waals surface area contributed by atoms with E-state index in [1.54, 1.807) is 0 Å². The van der Waals surface area contributed by atoms with Crippen LogP contribution in [0.5, 0.6) is 11.5 Å². The summed E-state index contributed by atoms with van der Waals surface area (Å²) in [6.45, 7) is 16.4. The second kappa shape index (κ2) is 9.74. The number of hydrogen-bond donors (Lipinski definition) is 0. The third-order valence-corrected chi connectivity index (χ3v) is 6.84. The van der Waals surface area contributed by atoms with E-state index in [9.17, 15) is 9.59 Å². The number of aromatic nitrogens is 3. The van der Waals surface area contributed by atoms with Gasteiger partial charge in [0.05, 0.1) is 11.1 Å². The van der Waals surface area contributed by atoms with Crippen molar-refractivity contribution < 1.29 is 14.3 Å². The Labute approximate surface area is 220 Å². The summed E-state index contributed by atoms with van der Waals surface area (Å²) in [5.74, 6) is 1.50. The predicted octanol–water partition coefficient (Wildman–Crippen LogP) is 5.28. The molecule has 0 aliphatic carbocycles. The fourth-order valence-electron chi connectivity index (χ4n) is 4.08. The number of rotatable bonds is 5. The monoisotopic (exact) mass is 519 g/mol. The molecule has 7 nitrogen and oxygen atoms in total. The molecule has 4 aromatic rings. The highest BCUT2D eigenvalue weighted by Gasteiger charge is 2.28. The molecule has 2 aromatic heterocycles. The first-order chi connectivity index (χ1) is 17.3. The molecule has 37 heavy (non-hydrogen) atoms. The Balaban J connectivity index is 1.82. The standard InChI is InChI=1S/C29H33N3O4S/c1-9-35-20-12-10-19(11-13-20)25-30-27-32(31-25)26(34)23(37-27)16-18-14-21(28(3,4)5)24(36-17(2)33)22(15-18)29(6,7)8/h10-16H,9H2,1-8H3. The van der Waals surface area contributed by atoms with Crippen molar-refractivity contribution in [1.82, 2.24) is 14.6 Å². The molecule has 0 saturated carbocycles. The first kappa shape index (κ1) is 26.5. The molecule has 0 atom stereocenters. The summed E-state index contributed by atoms with van der Waals surface area (Å²) in [5.41, 5.74) is 2.70. The molecular formula is C29H33N3O4S. The van der Waals surface area contributed by atoms with Crippen LogP contribution in [-0.2, 0) is 15.6 Å². The molecule has 4 rings (SSSR count). The van der Waals surface area contributed by atoms with Crippen LogP contribution in [-0.4, -0.2) is 27.2 Å². The largest absolute Gasteiger partial charge is 0.494 e. The fourth-order valence-corrected chi connectivity index (χ4v) is 4.98. The Morgan fingerprint density at radius 3 is 2.11 bits per heavy atom. The van der Waals surface area contributed by atoms with E-state index in [0.717, 1.165) is 28.0 Å². The summed E-state index contributed by atoms with van der Waals surface area (Å²) in [4.78, 5) is 30.3. The van der Waals surface area contributed by atoms with E-state index in [2.05, 4.69) is 51.6 Å². The molecule has 0 radical (unpaired) electrons. The number of esters is 1. The molecule has 0 fully saturated rings. The summed E-state index contributed by atoms with van der Waals surface area (Å²) >= 11 is 1.30. The summed E-state index contributed by atoms with van der Waals surface area (Å²) in [7, 11) is 0. The maximum atomic E-state index is 13.2. The number of benzene rings is 2. The van der Waals surface area contributed by atoms with Gasteiger partial charge in [0.2, 0.25) is 4.96 Å². The van der Waals surface area contributed by atoms with Gasteiger partial charge in [-0.3, -0.25) is 9.59 Å². The molecule has 194 valence electrons. The Hall–Kier alpha value is -3.52. The van der Waals surface area contributed by atoms with Crippen LogP contribution in [0.4, 0.5) is 0 Å². The van der Waals surface area contributed by atoms with Gasteiger partial charge < -0.3 is 9.47 Å². The number of ether oxygens (including phenoxy) is 2. The van der Waals surface area contributed by atoms with Gasteiger partial charge >= 0.3 is 5.97 Å². The lowest BCUT2D eigenvalue weighted by atomic mass is 9.78. The normalized spacial score (nSPS) is 12.8. The van der Waals surface area contributed by atoms with Crippen molar-refractivity contribution in [3.63, 3.8) is 0 Å². The molecule has 0 amide bonds. The van der Waals surface area contributed by atoms with Gasteiger partial charge in [0, 0.05) is 23.6 Å². The number of fused-ring (bicyclic) bond motifs is 1. The SMILES string of the molecule is CCOc1ccc(-c2nc3sc(=Cc4cc(C(C)(C)C)c(OC(C)=O)c(C(C)(C)C)c4)c(=O)n3n2)cc1. The van der Waals surface area contributed by atoms with Crippen LogP contribution >= 0.6 is 11.3 Å². The van der Waals surface area contributed by atoms with Gasteiger partial charge in [-0.05, 0) is 65.8 Å². The lowest BCUT2D eigenvalue weighted by Crippen LogP contribution is -2.24. The zero-order chi connectivity index (χ0) is 27.1. The summed E-state index contributed by atoms with van der Waals surface area (Å²) < 4.78 is 13.1. The quantitative estimate of drug-likeness (QED) is 0.263. The molecule has 0 N–H and O–H groups in total. The molecule has 0 spiro atoms. The van der Waals surface area contributed by atoms with Gasteiger partial charge in [-0.1, -0.05) is 52.9 Å². The second-order valence-electron chi connectivity index (χ2n) is 11.0.